The number of carbonyl (C=O) groups excluding carboxylic acids is 1. The molecule has 0 spiro atoms. The molecule has 0 aromatic rings. The number of rotatable bonds is 5. The SMILES string of the molecule is CCCCOC(=O)C1C2OC(C1C(=O)O)C1C3OC(C4C5C=CC(O5)C34)C21. The quantitative estimate of drug-likeness (QED) is 0.435. The number of hydrogen-bond acceptors (Lipinski definition) is 6. The molecule has 12 unspecified atom stereocenters. The second-order valence-corrected chi connectivity index (χ2v) is 8.80. The van der Waals surface area contributed by atoms with Gasteiger partial charge in [-0.2, -0.15) is 0 Å². The van der Waals surface area contributed by atoms with E-state index in [0.29, 0.717) is 18.4 Å². The minimum atomic E-state index is -0.971. The first kappa shape index (κ1) is 16.5. The molecule has 12 atom stereocenters. The Bertz CT molecular complexity index is 719. The topological polar surface area (TPSA) is 91.3 Å². The van der Waals surface area contributed by atoms with Crippen LogP contribution in [0.15, 0.2) is 12.2 Å². The van der Waals surface area contributed by atoms with Gasteiger partial charge in [0.05, 0.1) is 55.1 Å². The van der Waals surface area contributed by atoms with E-state index in [0.717, 1.165) is 12.8 Å². The molecule has 7 heteroatoms. The van der Waals surface area contributed by atoms with E-state index in [9.17, 15) is 14.7 Å². The van der Waals surface area contributed by atoms with Gasteiger partial charge in [0.1, 0.15) is 0 Å². The zero-order valence-electron chi connectivity index (χ0n) is 15.1. The summed E-state index contributed by atoms with van der Waals surface area (Å²) in [7, 11) is 0. The van der Waals surface area contributed by atoms with Crippen molar-refractivity contribution in [1.29, 1.82) is 0 Å². The van der Waals surface area contributed by atoms with Crippen LogP contribution < -0.4 is 0 Å². The third-order valence-electron chi connectivity index (χ3n) is 7.75. The van der Waals surface area contributed by atoms with E-state index in [1.54, 1.807) is 0 Å². The number of carboxylic acid groups (broad SMARTS) is 1. The van der Waals surface area contributed by atoms with Crippen LogP contribution in [-0.2, 0) is 28.5 Å². The summed E-state index contributed by atoms with van der Waals surface area (Å²) >= 11 is 0. The molecule has 0 saturated carbocycles. The molecular formula is C20H24O7. The Morgan fingerprint density at radius 2 is 1.48 bits per heavy atom. The maximum Gasteiger partial charge on any atom is 0.312 e. The van der Waals surface area contributed by atoms with Crippen LogP contribution in [-0.4, -0.2) is 60.3 Å². The molecule has 5 fully saturated rings. The maximum atomic E-state index is 12.7. The Hall–Kier alpha value is -1.44. The van der Waals surface area contributed by atoms with E-state index in [1.807, 2.05) is 6.92 Å². The van der Waals surface area contributed by atoms with Gasteiger partial charge in [-0.3, -0.25) is 9.59 Å². The number of carbonyl (C=O) groups is 2. The molecule has 6 aliphatic rings. The highest BCUT2D eigenvalue weighted by molar-refractivity contribution is 5.83. The van der Waals surface area contributed by atoms with E-state index in [4.69, 9.17) is 18.9 Å². The van der Waals surface area contributed by atoms with Crippen LogP contribution in [0.1, 0.15) is 19.8 Å². The molecule has 0 amide bonds. The average molecular weight is 376 g/mol. The lowest BCUT2D eigenvalue weighted by molar-refractivity contribution is -0.160. The van der Waals surface area contributed by atoms with Crippen molar-refractivity contribution in [3.05, 3.63) is 12.2 Å². The predicted molar refractivity (Wildman–Crippen MR) is 89.6 cm³/mol. The van der Waals surface area contributed by atoms with E-state index >= 15 is 0 Å². The van der Waals surface area contributed by atoms with Crippen LogP contribution in [0.5, 0.6) is 0 Å². The molecule has 6 heterocycles. The number of hydrogen-bond donors (Lipinski definition) is 1. The second kappa shape index (κ2) is 5.55. The molecular weight excluding hydrogens is 352 g/mol. The fraction of sp³-hybridized carbons (Fsp3) is 0.800. The van der Waals surface area contributed by atoms with E-state index in [1.165, 1.54) is 0 Å². The number of fused-ring (bicyclic) bond motifs is 16. The standard InChI is InChI=1S/C20H24O7/c1-2-3-6-24-20(23)14-13(19(21)22)17-11-12(18(14)27-17)16-10-8-5-4-7(25-8)9(10)15(11)26-16/h4-5,7-18H,2-3,6H2,1H3,(H,21,22). The van der Waals surface area contributed by atoms with Gasteiger partial charge in [0.15, 0.2) is 0 Å². The zero-order valence-corrected chi connectivity index (χ0v) is 15.1. The molecule has 146 valence electrons. The summed E-state index contributed by atoms with van der Waals surface area (Å²) in [5, 5.41) is 9.84. The number of aliphatic carboxylic acids is 1. The Labute approximate surface area is 157 Å². The highest BCUT2D eigenvalue weighted by Gasteiger charge is 2.77. The summed E-state index contributed by atoms with van der Waals surface area (Å²) < 4.78 is 24.0. The summed E-state index contributed by atoms with van der Waals surface area (Å²) in [6.45, 7) is 2.35. The molecule has 6 rings (SSSR count). The molecule has 0 aromatic heterocycles. The summed E-state index contributed by atoms with van der Waals surface area (Å²) in [6.07, 6.45) is 5.16. The molecule has 0 aromatic carbocycles. The molecule has 7 nitrogen and oxygen atoms in total. The smallest absolute Gasteiger partial charge is 0.312 e. The van der Waals surface area contributed by atoms with E-state index < -0.39 is 36.0 Å². The van der Waals surface area contributed by atoms with Crippen LogP contribution >= 0.6 is 0 Å². The summed E-state index contributed by atoms with van der Waals surface area (Å²) in [5.41, 5.74) is 0. The van der Waals surface area contributed by atoms with Crippen molar-refractivity contribution in [2.75, 3.05) is 6.61 Å². The predicted octanol–water partition coefficient (Wildman–Crippen LogP) is 1.01. The fourth-order valence-electron chi connectivity index (χ4n) is 6.89. The summed E-state index contributed by atoms with van der Waals surface area (Å²) in [6, 6.07) is 0. The summed E-state index contributed by atoms with van der Waals surface area (Å²) in [5.74, 6) is -2.28. The monoisotopic (exact) mass is 376 g/mol. The molecule has 6 bridgehead atoms. The van der Waals surface area contributed by atoms with E-state index in [2.05, 4.69) is 12.2 Å². The molecule has 6 aliphatic heterocycles. The zero-order chi connectivity index (χ0) is 18.4. The number of unbranched alkanes of at least 4 members (excludes halogenated alkanes) is 1. The highest BCUT2D eigenvalue weighted by Crippen LogP contribution is 2.66. The molecule has 0 radical (unpaired) electrons. The lowest BCUT2D eigenvalue weighted by Gasteiger charge is -2.40. The minimum Gasteiger partial charge on any atom is -0.481 e. The van der Waals surface area contributed by atoms with Gasteiger partial charge in [0, 0.05) is 23.7 Å². The van der Waals surface area contributed by atoms with Gasteiger partial charge < -0.3 is 24.1 Å². The van der Waals surface area contributed by atoms with Gasteiger partial charge in [0.2, 0.25) is 0 Å². The molecule has 0 aliphatic carbocycles. The third kappa shape index (κ3) is 1.93. The second-order valence-electron chi connectivity index (χ2n) is 8.80. The number of esters is 1. The molecule has 1 N–H and O–H groups in total. The van der Waals surface area contributed by atoms with Gasteiger partial charge in [-0.1, -0.05) is 25.5 Å². The van der Waals surface area contributed by atoms with Crippen LogP contribution in [0.3, 0.4) is 0 Å². The third-order valence-corrected chi connectivity index (χ3v) is 7.75. The Morgan fingerprint density at radius 1 is 0.889 bits per heavy atom. The van der Waals surface area contributed by atoms with Crippen molar-refractivity contribution in [2.45, 2.75) is 56.4 Å². The first-order valence-corrected chi connectivity index (χ1v) is 10.2. The Balaban J connectivity index is 1.30. The van der Waals surface area contributed by atoms with Crippen LogP contribution in [0, 0.1) is 35.5 Å². The lowest BCUT2D eigenvalue weighted by atomic mass is 9.57. The van der Waals surface area contributed by atoms with Gasteiger partial charge in [-0.05, 0) is 6.42 Å². The summed E-state index contributed by atoms with van der Waals surface area (Å²) in [4.78, 5) is 24.8. The van der Waals surface area contributed by atoms with Gasteiger partial charge in [-0.25, -0.2) is 0 Å². The van der Waals surface area contributed by atoms with Gasteiger partial charge in [0.25, 0.3) is 0 Å². The van der Waals surface area contributed by atoms with Crippen molar-refractivity contribution in [1.82, 2.24) is 0 Å². The largest absolute Gasteiger partial charge is 0.481 e. The fourth-order valence-corrected chi connectivity index (χ4v) is 6.89. The average Bonchev–Trinajstić information content (AvgIpc) is 3.46. The number of carboxylic acids is 1. The lowest BCUT2D eigenvalue weighted by Crippen LogP contribution is -2.54. The van der Waals surface area contributed by atoms with Crippen molar-refractivity contribution in [3.63, 3.8) is 0 Å². The first-order valence-electron chi connectivity index (χ1n) is 10.2. The Morgan fingerprint density at radius 3 is 2.07 bits per heavy atom. The van der Waals surface area contributed by atoms with Crippen molar-refractivity contribution < 1.29 is 33.6 Å². The normalized spacial score (nSPS) is 55.1. The van der Waals surface area contributed by atoms with Crippen molar-refractivity contribution >= 4 is 11.9 Å². The Kier molecular flexibility index (Phi) is 3.39. The minimum absolute atomic E-state index is 0.0133. The molecule has 5 saturated heterocycles. The van der Waals surface area contributed by atoms with E-state index in [-0.39, 0.29) is 36.3 Å². The van der Waals surface area contributed by atoms with Gasteiger partial charge in [-0.15, -0.1) is 0 Å². The van der Waals surface area contributed by atoms with Crippen LogP contribution in [0.4, 0.5) is 0 Å². The van der Waals surface area contributed by atoms with Crippen molar-refractivity contribution in [2.24, 2.45) is 35.5 Å². The van der Waals surface area contributed by atoms with Crippen molar-refractivity contribution in [3.8, 4) is 0 Å². The highest BCUT2D eigenvalue weighted by atomic mass is 16.6. The van der Waals surface area contributed by atoms with Crippen LogP contribution in [0.2, 0.25) is 0 Å². The number of ether oxygens (including phenoxy) is 4. The maximum absolute atomic E-state index is 12.7. The van der Waals surface area contributed by atoms with Gasteiger partial charge >= 0.3 is 11.9 Å². The van der Waals surface area contributed by atoms with Crippen LogP contribution in [0.25, 0.3) is 0 Å². The molecule has 27 heavy (non-hydrogen) atoms. The first-order chi connectivity index (χ1) is 13.1.